The molecule has 2 heterocycles. The Morgan fingerprint density at radius 2 is 2.00 bits per heavy atom. The highest BCUT2D eigenvalue weighted by Gasteiger charge is 2.24. The molecular weight excluding hydrogens is 376 g/mol. The van der Waals surface area contributed by atoms with Gasteiger partial charge in [0.25, 0.3) is 5.56 Å². The van der Waals surface area contributed by atoms with Gasteiger partial charge in [-0.2, -0.15) is 4.36 Å². The molecule has 0 aliphatic heterocycles. The molecule has 1 atom stereocenters. The first-order valence-corrected chi connectivity index (χ1v) is 10.4. The van der Waals surface area contributed by atoms with Crippen molar-refractivity contribution in [2.75, 3.05) is 7.11 Å². The average molecular weight is 401 g/mol. The van der Waals surface area contributed by atoms with Gasteiger partial charge in [0.15, 0.2) is 10.9 Å². The summed E-state index contributed by atoms with van der Waals surface area (Å²) in [5.41, 5.74) is 4.69. The standard InChI is InChI=1S/C20H24N4O3S/c1-12-7-16(11-23(3)20(12)25)15-8-17(22-28(26)27-4)19-18(9-15)24(13(2)21-19)10-14-5-6-14/h7-9,11,14,28H,5-6,10H2,1-4H3. The molecule has 8 heteroatoms. The molecule has 1 fully saturated rings. The number of imidazole rings is 1. The molecule has 148 valence electrons. The minimum atomic E-state index is -2.16. The van der Waals surface area contributed by atoms with Gasteiger partial charge in [-0.05, 0) is 61.9 Å². The van der Waals surface area contributed by atoms with Crippen molar-refractivity contribution < 1.29 is 8.39 Å². The zero-order valence-electron chi connectivity index (χ0n) is 16.5. The fourth-order valence-corrected chi connectivity index (χ4v) is 3.93. The van der Waals surface area contributed by atoms with E-state index < -0.39 is 10.9 Å². The fourth-order valence-electron chi connectivity index (χ4n) is 3.52. The lowest BCUT2D eigenvalue weighted by Crippen LogP contribution is -2.18. The van der Waals surface area contributed by atoms with Gasteiger partial charge in [0.2, 0.25) is 0 Å². The first kappa shape index (κ1) is 18.9. The van der Waals surface area contributed by atoms with E-state index in [4.69, 9.17) is 9.17 Å². The van der Waals surface area contributed by atoms with E-state index >= 15 is 0 Å². The number of pyridine rings is 1. The highest BCUT2D eigenvalue weighted by atomic mass is 32.2. The molecule has 1 saturated carbocycles. The molecule has 2 aromatic heterocycles. The number of hydrogen-bond donors (Lipinski definition) is 1. The molecule has 0 saturated heterocycles. The molecule has 3 aromatic rings. The van der Waals surface area contributed by atoms with Crippen LogP contribution >= 0.6 is 0 Å². The number of fused-ring (bicyclic) bond motifs is 1. The molecule has 4 rings (SSSR count). The molecule has 0 radical (unpaired) electrons. The quantitative estimate of drug-likeness (QED) is 0.667. The number of thiol groups is 1. The normalized spacial score (nSPS) is 15.4. The lowest BCUT2D eigenvalue weighted by Gasteiger charge is -2.10. The Balaban J connectivity index is 1.98. The van der Waals surface area contributed by atoms with Crippen molar-refractivity contribution in [2.45, 2.75) is 33.2 Å². The molecular formula is C20H24N4O3S. The van der Waals surface area contributed by atoms with Gasteiger partial charge in [-0.1, -0.05) is 0 Å². The van der Waals surface area contributed by atoms with E-state index in [2.05, 4.69) is 15.0 Å². The van der Waals surface area contributed by atoms with E-state index in [0.717, 1.165) is 34.5 Å². The summed E-state index contributed by atoms with van der Waals surface area (Å²) < 4.78 is 24.9. The van der Waals surface area contributed by atoms with Gasteiger partial charge in [0.05, 0.1) is 12.6 Å². The number of aryl methyl sites for hydroxylation is 3. The monoisotopic (exact) mass is 400 g/mol. The Morgan fingerprint density at radius 3 is 2.64 bits per heavy atom. The lowest BCUT2D eigenvalue weighted by atomic mass is 10.0. The van der Waals surface area contributed by atoms with Crippen LogP contribution in [-0.2, 0) is 28.7 Å². The van der Waals surface area contributed by atoms with Crippen molar-refractivity contribution in [3.63, 3.8) is 0 Å². The topological polar surface area (TPSA) is 78.5 Å². The van der Waals surface area contributed by atoms with Crippen molar-refractivity contribution in [1.82, 2.24) is 14.1 Å². The summed E-state index contributed by atoms with van der Waals surface area (Å²) in [7, 11) is 0.953. The molecule has 1 aromatic carbocycles. The number of rotatable bonds is 5. The van der Waals surface area contributed by atoms with Crippen molar-refractivity contribution in [1.29, 1.82) is 0 Å². The van der Waals surface area contributed by atoms with Crippen LogP contribution < -0.4 is 5.56 Å². The molecule has 7 nitrogen and oxygen atoms in total. The highest BCUT2D eigenvalue weighted by Crippen LogP contribution is 2.36. The van der Waals surface area contributed by atoms with Gasteiger partial charge >= 0.3 is 0 Å². The Bertz CT molecular complexity index is 1190. The van der Waals surface area contributed by atoms with Crippen LogP contribution in [0.15, 0.2) is 33.6 Å². The molecule has 0 N–H and O–H groups in total. The second kappa shape index (κ2) is 7.18. The predicted molar refractivity (Wildman–Crippen MR) is 111 cm³/mol. The van der Waals surface area contributed by atoms with E-state index in [9.17, 15) is 9.00 Å². The van der Waals surface area contributed by atoms with Crippen LogP contribution in [0, 0.1) is 19.8 Å². The van der Waals surface area contributed by atoms with Crippen molar-refractivity contribution in [3.05, 3.63) is 46.1 Å². The zero-order chi connectivity index (χ0) is 20.0. The minimum absolute atomic E-state index is 0.0215. The number of nitrogens with zero attached hydrogens (tertiary/aromatic N) is 4. The van der Waals surface area contributed by atoms with Crippen molar-refractivity contribution in [2.24, 2.45) is 17.3 Å². The van der Waals surface area contributed by atoms with Crippen LogP contribution in [0.3, 0.4) is 0 Å². The smallest absolute Gasteiger partial charge is 0.253 e. The maximum atomic E-state index is 12.1. The van der Waals surface area contributed by atoms with Crippen molar-refractivity contribution >= 4 is 27.6 Å². The van der Waals surface area contributed by atoms with Gasteiger partial charge in [-0.25, -0.2) is 9.19 Å². The third-order valence-corrected chi connectivity index (χ3v) is 5.89. The molecule has 0 amide bonds. The van der Waals surface area contributed by atoms with Crippen LogP contribution in [-0.4, -0.2) is 25.4 Å². The van der Waals surface area contributed by atoms with Crippen LogP contribution in [0.25, 0.3) is 22.2 Å². The molecule has 0 bridgehead atoms. The van der Waals surface area contributed by atoms with Gasteiger partial charge in [0.1, 0.15) is 17.0 Å². The number of benzene rings is 1. The average Bonchev–Trinajstić information content (AvgIpc) is 3.43. The third-order valence-electron chi connectivity index (χ3n) is 5.20. The summed E-state index contributed by atoms with van der Waals surface area (Å²) in [6.45, 7) is 4.71. The van der Waals surface area contributed by atoms with E-state index in [-0.39, 0.29) is 5.56 Å². The second-order valence-corrected chi connectivity index (χ2v) is 8.47. The summed E-state index contributed by atoms with van der Waals surface area (Å²) in [5.74, 6) is 1.61. The minimum Gasteiger partial charge on any atom is -0.328 e. The largest absolute Gasteiger partial charge is 0.328 e. The zero-order valence-corrected chi connectivity index (χ0v) is 17.4. The predicted octanol–water partition coefficient (Wildman–Crippen LogP) is 3.29. The fraction of sp³-hybridized carbons (Fsp3) is 0.400. The van der Waals surface area contributed by atoms with Gasteiger partial charge in [0, 0.05) is 25.4 Å². The van der Waals surface area contributed by atoms with Crippen LogP contribution in [0.2, 0.25) is 0 Å². The Kier molecular flexibility index (Phi) is 4.84. The van der Waals surface area contributed by atoms with Gasteiger partial charge < -0.3 is 9.13 Å². The van der Waals surface area contributed by atoms with E-state index in [1.165, 1.54) is 20.0 Å². The molecule has 1 aliphatic rings. The van der Waals surface area contributed by atoms with Gasteiger partial charge in [-0.3, -0.25) is 8.98 Å². The van der Waals surface area contributed by atoms with Crippen LogP contribution in [0.4, 0.5) is 5.69 Å². The molecule has 1 unspecified atom stereocenters. The van der Waals surface area contributed by atoms with Gasteiger partial charge in [-0.15, -0.1) is 0 Å². The molecule has 28 heavy (non-hydrogen) atoms. The number of aromatic nitrogens is 3. The van der Waals surface area contributed by atoms with Crippen molar-refractivity contribution in [3.8, 4) is 11.1 Å². The third kappa shape index (κ3) is 3.49. The van der Waals surface area contributed by atoms with E-state index in [1.54, 1.807) is 18.5 Å². The second-order valence-electron chi connectivity index (χ2n) is 7.42. The highest BCUT2D eigenvalue weighted by molar-refractivity contribution is 7.69. The SMILES string of the molecule is CO[SH](=O)=Nc1cc(-c2cc(C)c(=O)n(C)c2)cc2c1nc(C)n2CC1CC1. The molecule has 1 aliphatic carbocycles. The van der Waals surface area contributed by atoms with E-state index in [0.29, 0.717) is 17.2 Å². The first-order chi connectivity index (χ1) is 13.4. The maximum absolute atomic E-state index is 12.1. The Morgan fingerprint density at radius 1 is 1.25 bits per heavy atom. The summed E-state index contributed by atoms with van der Waals surface area (Å²) >= 11 is 0. The Hall–Kier alpha value is -2.45. The summed E-state index contributed by atoms with van der Waals surface area (Å²) in [5, 5.41) is 0. The maximum Gasteiger partial charge on any atom is 0.253 e. The Labute approximate surface area is 165 Å². The van der Waals surface area contributed by atoms with Crippen LogP contribution in [0.5, 0.6) is 0 Å². The number of hydrogen-bond acceptors (Lipinski definition) is 5. The summed E-state index contributed by atoms with van der Waals surface area (Å²) in [6, 6.07) is 5.82. The van der Waals surface area contributed by atoms with Crippen LogP contribution in [0.1, 0.15) is 24.2 Å². The first-order valence-electron chi connectivity index (χ1n) is 9.29. The summed E-state index contributed by atoms with van der Waals surface area (Å²) in [4.78, 5) is 16.8. The summed E-state index contributed by atoms with van der Waals surface area (Å²) in [6.07, 6.45) is 4.29. The molecule has 0 spiro atoms. The van der Waals surface area contributed by atoms with E-state index in [1.807, 2.05) is 25.3 Å². The lowest BCUT2D eigenvalue weighted by molar-refractivity contribution is 0.454.